The lowest BCUT2D eigenvalue weighted by atomic mass is 10.0. The highest BCUT2D eigenvalue weighted by Gasteiger charge is 2.59. The number of fused-ring (bicyclic) bond motifs is 1. The van der Waals surface area contributed by atoms with Crippen LogP contribution < -0.4 is 0 Å². The summed E-state index contributed by atoms with van der Waals surface area (Å²) < 4.78 is 5.84. The Balaban J connectivity index is 1.97. The number of ether oxygens (including phenoxy) is 1. The molecule has 13 heavy (non-hydrogen) atoms. The average molecular weight is 174 g/mol. The number of hydrogen-bond acceptors (Lipinski definition) is 1. The lowest BCUT2D eigenvalue weighted by Gasteiger charge is -2.12. The minimum Gasteiger partial charge on any atom is -0.370 e. The van der Waals surface area contributed by atoms with Crippen molar-refractivity contribution >= 4 is 0 Å². The Kier molecular flexibility index (Phi) is 1.37. The van der Waals surface area contributed by atoms with E-state index in [1.54, 1.807) is 0 Å². The first-order valence-corrected chi connectivity index (χ1v) is 5.02. The van der Waals surface area contributed by atoms with Crippen molar-refractivity contribution in [3.8, 4) is 0 Å². The molecule has 1 saturated carbocycles. The molecule has 1 aromatic carbocycles. The maximum atomic E-state index is 5.84. The third-order valence-corrected chi connectivity index (χ3v) is 3.42. The van der Waals surface area contributed by atoms with Gasteiger partial charge in [-0.2, -0.15) is 0 Å². The summed E-state index contributed by atoms with van der Waals surface area (Å²) in [5.41, 5.74) is 2.86. The van der Waals surface area contributed by atoms with Gasteiger partial charge in [0.1, 0.15) is 0 Å². The van der Waals surface area contributed by atoms with Gasteiger partial charge in [0.05, 0.1) is 5.60 Å². The highest BCUT2D eigenvalue weighted by atomic mass is 16.5. The zero-order valence-corrected chi connectivity index (χ0v) is 7.92. The van der Waals surface area contributed by atoms with E-state index >= 15 is 0 Å². The standard InChI is InChI=1S/C12H14O/c1-9-2-4-10(5-3-9)12-8-11(12)6-7-13-12/h2-5,11H,6-8H2,1H3. The van der Waals surface area contributed by atoms with Gasteiger partial charge in [0, 0.05) is 6.61 Å². The van der Waals surface area contributed by atoms with Crippen LogP contribution in [0.25, 0.3) is 0 Å². The highest BCUT2D eigenvalue weighted by molar-refractivity contribution is 5.33. The fourth-order valence-electron chi connectivity index (χ4n) is 2.47. The molecule has 2 unspecified atom stereocenters. The molecule has 3 rings (SSSR count). The third-order valence-electron chi connectivity index (χ3n) is 3.42. The van der Waals surface area contributed by atoms with E-state index in [-0.39, 0.29) is 5.60 Å². The van der Waals surface area contributed by atoms with Gasteiger partial charge in [-0.15, -0.1) is 0 Å². The Hall–Kier alpha value is -0.820. The van der Waals surface area contributed by atoms with Crippen molar-refractivity contribution in [3.05, 3.63) is 35.4 Å². The van der Waals surface area contributed by atoms with Crippen molar-refractivity contribution in [1.29, 1.82) is 0 Å². The average Bonchev–Trinajstić information content (AvgIpc) is 2.71. The molecule has 2 fully saturated rings. The number of aryl methyl sites for hydroxylation is 1. The Bertz CT molecular complexity index is 327. The van der Waals surface area contributed by atoms with E-state index in [9.17, 15) is 0 Å². The van der Waals surface area contributed by atoms with E-state index in [0.29, 0.717) is 0 Å². The van der Waals surface area contributed by atoms with Gasteiger partial charge in [-0.1, -0.05) is 29.8 Å². The van der Waals surface area contributed by atoms with Gasteiger partial charge in [0.25, 0.3) is 0 Å². The molecule has 2 aliphatic rings. The number of rotatable bonds is 1. The van der Waals surface area contributed by atoms with Crippen molar-refractivity contribution in [1.82, 2.24) is 0 Å². The van der Waals surface area contributed by atoms with E-state index in [1.807, 2.05) is 0 Å². The van der Waals surface area contributed by atoms with Gasteiger partial charge < -0.3 is 4.74 Å². The first-order chi connectivity index (χ1) is 6.31. The first kappa shape index (κ1) is 7.57. The predicted octanol–water partition coefficient (Wildman–Crippen LogP) is 2.63. The van der Waals surface area contributed by atoms with Crippen LogP contribution in [0.5, 0.6) is 0 Å². The van der Waals surface area contributed by atoms with Crippen LogP contribution >= 0.6 is 0 Å². The molecule has 1 saturated heterocycles. The molecule has 1 heteroatoms. The van der Waals surface area contributed by atoms with E-state index in [2.05, 4.69) is 31.2 Å². The molecule has 0 bridgehead atoms. The molecule has 0 N–H and O–H groups in total. The highest BCUT2D eigenvalue weighted by Crippen LogP contribution is 2.60. The van der Waals surface area contributed by atoms with Crippen molar-refractivity contribution in [3.63, 3.8) is 0 Å². The maximum Gasteiger partial charge on any atom is 0.0965 e. The van der Waals surface area contributed by atoms with Crippen LogP contribution in [0.4, 0.5) is 0 Å². The van der Waals surface area contributed by atoms with E-state index in [1.165, 1.54) is 24.0 Å². The summed E-state index contributed by atoms with van der Waals surface area (Å²) in [7, 11) is 0. The van der Waals surface area contributed by atoms with E-state index < -0.39 is 0 Å². The third kappa shape index (κ3) is 0.969. The zero-order chi connectivity index (χ0) is 8.89. The van der Waals surface area contributed by atoms with Gasteiger partial charge in [0.2, 0.25) is 0 Å². The summed E-state index contributed by atoms with van der Waals surface area (Å²) in [4.78, 5) is 0. The minimum absolute atomic E-state index is 0.147. The fourth-order valence-corrected chi connectivity index (χ4v) is 2.47. The Morgan fingerprint density at radius 2 is 2.08 bits per heavy atom. The smallest absolute Gasteiger partial charge is 0.0965 e. The second kappa shape index (κ2) is 2.36. The maximum absolute atomic E-state index is 5.84. The van der Waals surface area contributed by atoms with Gasteiger partial charge in [-0.3, -0.25) is 0 Å². The summed E-state index contributed by atoms with van der Waals surface area (Å²) in [6.07, 6.45) is 2.50. The minimum atomic E-state index is 0.147. The number of hydrogen-bond donors (Lipinski definition) is 0. The SMILES string of the molecule is Cc1ccc(C23CC2CCO3)cc1. The molecule has 1 aliphatic carbocycles. The summed E-state index contributed by atoms with van der Waals surface area (Å²) in [6, 6.07) is 8.81. The Labute approximate surface area is 78.7 Å². The molecule has 1 heterocycles. The molecular weight excluding hydrogens is 160 g/mol. The monoisotopic (exact) mass is 174 g/mol. The summed E-state index contributed by atoms with van der Waals surface area (Å²) >= 11 is 0. The van der Waals surface area contributed by atoms with Gasteiger partial charge in [-0.25, -0.2) is 0 Å². The lowest BCUT2D eigenvalue weighted by molar-refractivity contribution is 0.0640. The zero-order valence-electron chi connectivity index (χ0n) is 7.92. The first-order valence-electron chi connectivity index (χ1n) is 5.02. The largest absolute Gasteiger partial charge is 0.370 e. The predicted molar refractivity (Wildman–Crippen MR) is 51.5 cm³/mol. The summed E-state index contributed by atoms with van der Waals surface area (Å²) in [5.74, 6) is 0.815. The molecule has 2 atom stereocenters. The van der Waals surface area contributed by atoms with Gasteiger partial charge in [0.15, 0.2) is 0 Å². The van der Waals surface area contributed by atoms with Crippen molar-refractivity contribution in [2.45, 2.75) is 25.4 Å². The molecule has 0 amide bonds. The summed E-state index contributed by atoms with van der Waals surface area (Å²) in [5, 5.41) is 0. The number of benzene rings is 1. The van der Waals surface area contributed by atoms with Crippen LogP contribution in [0.2, 0.25) is 0 Å². The van der Waals surface area contributed by atoms with Crippen molar-refractivity contribution < 1.29 is 4.74 Å². The molecule has 0 radical (unpaired) electrons. The topological polar surface area (TPSA) is 9.23 Å². The Morgan fingerprint density at radius 3 is 2.62 bits per heavy atom. The second-order valence-corrected chi connectivity index (χ2v) is 4.29. The molecule has 68 valence electrons. The molecule has 1 nitrogen and oxygen atoms in total. The van der Waals surface area contributed by atoms with Crippen LogP contribution in [0.3, 0.4) is 0 Å². The Morgan fingerprint density at radius 1 is 1.31 bits per heavy atom. The van der Waals surface area contributed by atoms with Crippen molar-refractivity contribution in [2.24, 2.45) is 5.92 Å². The lowest BCUT2D eigenvalue weighted by Crippen LogP contribution is -2.08. The van der Waals surface area contributed by atoms with Crippen LogP contribution in [0, 0.1) is 12.8 Å². The van der Waals surface area contributed by atoms with Crippen LogP contribution in [0.15, 0.2) is 24.3 Å². The second-order valence-electron chi connectivity index (χ2n) is 4.29. The van der Waals surface area contributed by atoms with Crippen LogP contribution in [-0.4, -0.2) is 6.61 Å². The molecule has 0 spiro atoms. The van der Waals surface area contributed by atoms with Crippen LogP contribution in [-0.2, 0) is 10.3 Å². The van der Waals surface area contributed by atoms with Crippen molar-refractivity contribution in [2.75, 3.05) is 6.61 Å². The molecule has 0 aromatic heterocycles. The van der Waals surface area contributed by atoms with E-state index in [0.717, 1.165) is 12.5 Å². The van der Waals surface area contributed by atoms with E-state index in [4.69, 9.17) is 4.74 Å². The summed E-state index contributed by atoms with van der Waals surface area (Å²) in [6.45, 7) is 3.08. The fraction of sp³-hybridized carbons (Fsp3) is 0.500. The van der Waals surface area contributed by atoms with Gasteiger partial charge in [-0.05, 0) is 31.2 Å². The molecular formula is C12H14O. The quantitative estimate of drug-likeness (QED) is 0.636. The molecule has 1 aliphatic heterocycles. The van der Waals surface area contributed by atoms with Gasteiger partial charge >= 0.3 is 0 Å². The molecule has 1 aromatic rings. The van der Waals surface area contributed by atoms with Crippen LogP contribution in [0.1, 0.15) is 24.0 Å². The normalized spacial score (nSPS) is 35.9.